The van der Waals surface area contributed by atoms with E-state index in [1.807, 2.05) is 49.1 Å². The summed E-state index contributed by atoms with van der Waals surface area (Å²) in [4.78, 5) is 6.36. The van der Waals surface area contributed by atoms with Crippen LogP contribution in [0.4, 0.5) is 4.39 Å². The normalized spacial score (nSPS) is 15.7. The molecule has 1 fully saturated rings. The zero-order valence-corrected chi connectivity index (χ0v) is 22.8. The molecule has 0 spiro atoms. The molecule has 0 radical (unpaired) electrons. The summed E-state index contributed by atoms with van der Waals surface area (Å²) >= 11 is 5.71. The van der Waals surface area contributed by atoms with Gasteiger partial charge in [-0.1, -0.05) is 48.5 Å². The van der Waals surface area contributed by atoms with Gasteiger partial charge in [-0.25, -0.2) is 17.8 Å². The van der Waals surface area contributed by atoms with Crippen molar-refractivity contribution in [3.8, 4) is 0 Å². The first-order valence-electron chi connectivity index (χ1n) is 12.4. The van der Waals surface area contributed by atoms with Crippen LogP contribution in [-0.4, -0.2) is 53.3 Å². The van der Waals surface area contributed by atoms with E-state index >= 15 is 0 Å². The smallest absolute Gasteiger partial charge is 0.228 e. The third-order valence-electron chi connectivity index (χ3n) is 6.17. The molecule has 1 N–H and O–H groups in total. The van der Waals surface area contributed by atoms with Gasteiger partial charge in [0.1, 0.15) is 5.82 Å². The molecule has 0 amide bonds. The van der Waals surface area contributed by atoms with Crippen LogP contribution in [0.25, 0.3) is 0 Å². The maximum Gasteiger partial charge on any atom is 0.228 e. The molecule has 0 unspecified atom stereocenters. The van der Waals surface area contributed by atoms with Crippen molar-refractivity contribution in [1.82, 2.24) is 19.8 Å². The summed E-state index contributed by atoms with van der Waals surface area (Å²) in [6, 6.07) is 15.7. The molecule has 2 heterocycles. The highest BCUT2D eigenvalue weighted by molar-refractivity contribution is 7.90. The van der Waals surface area contributed by atoms with Crippen LogP contribution in [0, 0.1) is 5.82 Å². The van der Waals surface area contributed by atoms with Gasteiger partial charge in [-0.3, -0.25) is 0 Å². The zero-order chi connectivity index (χ0) is 26.4. The predicted octanol–water partition coefficient (Wildman–Crippen LogP) is 4.31. The molecule has 0 aliphatic carbocycles. The maximum atomic E-state index is 14.3. The Morgan fingerprint density at radius 3 is 2.62 bits per heavy atom. The molecule has 1 saturated heterocycles. The van der Waals surface area contributed by atoms with Crippen LogP contribution in [0.1, 0.15) is 43.5 Å². The van der Waals surface area contributed by atoms with Gasteiger partial charge in [0, 0.05) is 24.8 Å². The van der Waals surface area contributed by atoms with E-state index in [0.717, 1.165) is 25.0 Å². The van der Waals surface area contributed by atoms with Crippen LogP contribution in [0.5, 0.6) is 0 Å². The molecular weight excluding hydrogens is 511 g/mol. The van der Waals surface area contributed by atoms with Crippen LogP contribution in [0.15, 0.2) is 66.0 Å². The summed E-state index contributed by atoms with van der Waals surface area (Å²) in [5, 5.41) is 3.78. The summed E-state index contributed by atoms with van der Waals surface area (Å²) in [6.07, 6.45) is 3.60. The highest BCUT2D eigenvalue weighted by Gasteiger charge is 2.28. The summed E-state index contributed by atoms with van der Waals surface area (Å²) in [6.45, 7) is 6.01. The van der Waals surface area contributed by atoms with Crippen molar-refractivity contribution in [2.75, 3.05) is 13.2 Å². The number of benzene rings is 2. The molecule has 4 rings (SSSR count). The lowest BCUT2D eigenvalue weighted by atomic mass is 10.2. The van der Waals surface area contributed by atoms with Crippen molar-refractivity contribution >= 4 is 27.2 Å². The Balaban J connectivity index is 1.69. The highest BCUT2D eigenvalue weighted by atomic mass is 32.2. The maximum absolute atomic E-state index is 14.3. The van der Waals surface area contributed by atoms with Gasteiger partial charge in [-0.05, 0) is 50.5 Å². The molecule has 1 aliphatic rings. The van der Waals surface area contributed by atoms with Crippen LogP contribution in [0.2, 0.25) is 0 Å². The van der Waals surface area contributed by atoms with Crippen molar-refractivity contribution in [1.29, 1.82) is 0 Å². The van der Waals surface area contributed by atoms with Gasteiger partial charge in [0.25, 0.3) is 0 Å². The first-order valence-corrected chi connectivity index (χ1v) is 14.5. The van der Waals surface area contributed by atoms with Gasteiger partial charge in [0.15, 0.2) is 5.11 Å². The number of nitrogens with one attached hydrogen (secondary N) is 1. The van der Waals surface area contributed by atoms with E-state index in [4.69, 9.17) is 17.0 Å². The second-order valence-corrected chi connectivity index (χ2v) is 11.8. The molecule has 2 aromatic carbocycles. The lowest BCUT2D eigenvalue weighted by molar-refractivity contribution is 0.0891. The van der Waals surface area contributed by atoms with Crippen molar-refractivity contribution < 1.29 is 17.5 Å². The number of aromatic nitrogens is 2. The molecule has 0 saturated carbocycles. The number of nitrogens with zero attached hydrogens (tertiary/aromatic N) is 3. The molecule has 3 aromatic rings. The quantitative estimate of drug-likeness (QED) is 0.381. The van der Waals surface area contributed by atoms with Crippen molar-refractivity contribution in [2.45, 2.75) is 62.8 Å². The first kappa shape index (κ1) is 27.2. The Morgan fingerprint density at radius 1 is 1.22 bits per heavy atom. The Kier molecular flexibility index (Phi) is 8.94. The van der Waals surface area contributed by atoms with Crippen LogP contribution in [0.3, 0.4) is 0 Å². The minimum atomic E-state index is -3.94. The summed E-state index contributed by atoms with van der Waals surface area (Å²) < 4.78 is 48.9. The second kappa shape index (κ2) is 12.1. The van der Waals surface area contributed by atoms with E-state index in [1.54, 1.807) is 16.8 Å². The lowest BCUT2D eigenvalue weighted by Gasteiger charge is -2.29. The number of thiocarbonyl (C=S) groups is 1. The van der Waals surface area contributed by atoms with Crippen molar-refractivity contribution in [2.24, 2.45) is 0 Å². The fourth-order valence-electron chi connectivity index (χ4n) is 4.37. The van der Waals surface area contributed by atoms with E-state index < -0.39 is 21.4 Å². The zero-order valence-electron chi connectivity index (χ0n) is 21.1. The largest absolute Gasteiger partial charge is 0.376 e. The molecule has 37 heavy (non-hydrogen) atoms. The average Bonchev–Trinajstić information content (AvgIpc) is 3.51. The average molecular weight is 545 g/mol. The standard InChI is InChI=1S/C27H33FN4O3S2/c1-20(2)30-26(36)31(18-24-12-8-14-35-24)17-23-15-29-27(32(23)16-21-9-4-3-5-10-21)37(33,34)19-22-11-6-7-13-25(22)28/h3-7,9-11,13,15,20,24H,8,12,14,16-19H2,1-2H3,(H,30,36)/t24-/m0/s1. The number of halogens is 1. The Labute approximate surface area is 223 Å². The topological polar surface area (TPSA) is 76.5 Å². The monoisotopic (exact) mass is 544 g/mol. The molecule has 1 aromatic heterocycles. The number of hydrogen-bond acceptors (Lipinski definition) is 5. The third kappa shape index (κ3) is 7.15. The second-order valence-electron chi connectivity index (χ2n) is 9.57. The van der Waals surface area contributed by atoms with Gasteiger partial charge >= 0.3 is 0 Å². The molecule has 0 bridgehead atoms. The lowest BCUT2D eigenvalue weighted by Crippen LogP contribution is -2.45. The van der Waals surface area contributed by atoms with Crippen LogP contribution in [-0.2, 0) is 33.4 Å². The summed E-state index contributed by atoms with van der Waals surface area (Å²) in [5.74, 6) is -1.03. The molecular formula is C27H33FN4O3S2. The van der Waals surface area contributed by atoms with E-state index in [-0.39, 0.29) is 22.9 Å². The van der Waals surface area contributed by atoms with Gasteiger partial charge in [0.2, 0.25) is 15.0 Å². The van der Waals surface area contributed by atoms with Crippen molar-refractivity contribution in [3.05, 3.63) is 83.4 Å². The third-order valence-corrected chi connectivity index (χ3v) is 8.12. The fourth-order valence-corrected chi connectivity index (χ4v) is 6.25. The van der Waals surface area contributed by atoms with Crippen LogP contribution >= 0.6 is 12.2 Å². The molecule has 198 valence electrons. The number of imidazole rings is 1. The van der Waals surface area contributed by atoms with Gasteiger partial charge in [-0.15, -0.1) is 0 Å². The van der Waals surface area contributed by atoms with Gasteiger partial charge in [0.05, 0.1) is 36.8 Å². The number of sulfone groups is 1. The Bertz CT molecular complexity index is 1310. The first-order chi connectivity index (χ1) is 17.7. The van der Waals surface area contributed by atoms with Gasteiger partial charge in [-0.2, -0.15) is 0 Å². The summed E-state index contributed by atoms with van der Waals surface area (Å²) in [5.41, 5.74) is 1.74. The molecule has 1 aliphatic heterocycles. The minimum absolute atomic E-state index is 0.0571. The SMILES string of the molecule is CC(C)NC(=S)N(Cc1cnc(S(=O)(=O)Cc2ccccc2F)n1Cc1ccccc1)C[C@@H]1CCCO1. The molecule has 7 nitrogen and oxygen atoms in total. The highest BCUT2D eigenvalue weighted by Crippen LogP contribution is 2.22. The fraction of sp³-hybridized carbons (Fsp3) is 0.407. The number of hydrogen-bond donors (Lipinski definition) is 1. The predicted molar refractivity (Wildman–Crippen MR) is 145 cm³/mol. The van der Waals surface area contributed by atoms with Crippen molar-refractivity contribution in [3.63, 3.8) is 0 Å². The van der Waals surface area contributed by atoms with E-state index in [1.165, 1.54) is 18.2 Å². The van der Waals surface area contributed by atoms with E-state index in [0.29, 0.717) is 30.4 Å². The van der Waals surface area contributed by atoms with E-state index in [2.05, 4.69) is 10.3 Å². The van der Waals surface area contributed by atoms with Crippen LogP contribution < -0.4 is 5.32 Å². The number of rotatable bonds is 10. The molecule has 1 atom stereocenters. The number of ether oxygens (including phenoxy) is 1. The minimum Gasteiger partial charge on any atom is -0.376 e. The Morgan fingerprint density at radius 2 is 1.95 bits per heavy atom. The van der Waals surface area contributed by atoms with E-state index in [9.17, 15) is 12.8 Å². The Hall–Kier alpha value is -2.82. The van der Waals surface area contributed by atoms with Gasteiger partial charge < -0.3 is 19.5 Å². The summed E-state index contributed by atoms with van der Waals surface area (Å²) in [7, 11) is -3.94. The molecule has 10 heteroatoms.